The van der Waals surface area contributed by atoms with Crippen LogP contribution in [0.2, 0.25) is 5.02 Å². The van der Waals surface area contributed by atoms with Gasteiger partial charge in [-0.25, -0.2) is 0 Å². The molecule has 3 amide bonds. The van der Waals surface area contributed by atoms with E-state index in [9.17, 15) is 14.4 Å². The lowest BCUT2D eigenvalue weighted by molar-refractivity contribution is -0.127. The molecule has 0 aromatic heterocycles. The average Bonchev–Trinajstić information content (AvgIpc) is 3.12. The van der Waals surface area contributed by atoms with Gasteiger partial charge in [-0.3, -0.25) is 19.3 Å². The first-order valence-electron chi connectivity index (χ1n) is 10.8. The van der Waals surface area contributed by atoms with Gasteiger partial charge in [0.15, 0.2) is 5.75 Å². The third-order valence-electron chi connectivity index (χ3n) is 5.16. The van der Waals surface area contributed by atoms with Crippen molar-refractivity contribution in [3.8, 4) is 11.5 Å². The Morgan fingerprint density at radius 3 is 2.49 bits per heavy atom. The monoisotopic (exact) mass is 712 g/mol. The van der Waals surface area contributed by atoms with E-state index in [0.29, 0.717) is 38.9 Å². The summed E-state index contributed by atoms with van der Waals surface area (Å²) in [7, 11) is 1.54. The molecule has 3 aromatic carbocycles. The average molecular weight is 714 g/mol. The molecule has 1 heterocycles. The van der Waals surface area contributed by atoms with Crippen molar-refractivity contribution in [2.75, 3.05) is 19.0 Å². The van der Waals surface area contributed by atoms with Gasteiger partial charge in [-0.2, -0.15) is 0 Å². The summed E-state index contributed by atoms with van der Waals surface area (Å²) in [6.45, 7) is -0.0597. The van der Waals surface area contributed by atoms with Crippen LogP contribution in [0.4, 0.5) is 10.5 Å². The summed E-state index contributed by atoms with van der Waals surface area (Å²) in [5.41, 5.74) is 2.13. The molecule has 1 saturated heterocycles. The second-order valence-corrected chi connectivity index (χ2v) is 11.3. The van der Waals surface area contributed by atoms with Crippen molar-refractivity contribution in [1.82, 2.24) is 4.90 Å². The Morgan fingerprint density at radius 2 is 1.84 bits per heavy atom. The highest BCUT2D eigenvalue weighted by atomic mass is 127. The number of hydrogen-bond acceptors (Lipinski definition) is 6. The number of ether oxygens (including phenoxy) is 2. The zero-order valence-electron chi connectivity index (χ0n) is 19.3. The minimum Gasteiger partial charge on any atom is -0.497 e. The van der Waals surface area contributed by atoms with Gasteiger partial charge in [0.1, 0.15) is 18.9 Å². The fourth-order valence-electron chi connectivity index (χ4n) is 3.34. The number of methoxy groups -OCH3 is 1. The van der Waals surface area contributed by atoms with Crippen molar-refractivity contribution in [1.29, 1.82) is 0 Å². The van der Waals surface area contributed by atoms with Gasteiger partial charge in [0.2, 0.25) is 5.91 Å². The Balaban J connectivity index is 1.41. The minimum absolute atomic E-state index is 0.192. The van der Waals surface area contributed by atoms with Gasteiger partial charge in [-0.1, -0.05) is 23.7 Å². The van der Waals surface area contributed by atoms with Gasteiger partial charge >= 0.3 is 0 Å². The van der Waals surface area contributed by atoms with E-state index in [0.717, 1.165) is 25.8 Å². The van der Waals surface area contributed by atoms with E-state index in [-0.39, 0.29) is 4.91 Å². The highest BCUT2D eigenvalue weighted by Gasteiger charge is 2.36. The molecule has 0 radical (unpaired) electrons. The molecular weight excluding hydrogens is 695 g/mol. The molecule has 37 heavy (non-hydrogen) atoms. The largest absolute Gasteiger partial charge is 0.497 e. The lowest BCUT2D eigenvalue weighted by Crippen LogP contribution is -2.36. The Hall–Kier alpha value is -2.54. The Morgan fingerprint density at radius 1 is 1.14 bits per heavy atom. The van der Waals surface area contributed by atoms with Crippen LogP contribution in [0.3, 0.4) is 0 Å². The van der Waals surface area contributed by atoms with E-state index in [1.54, 1.807) is 49.6 Å². The van der Waals surface area contributed by atoms with E-state index in [4.69, 9.17) is 21.1 Å². The maximum absolute atomic E-state index is 12.9. The Labute approximate surface area is 244 Å². The van der Waals surface area contributed by atoms with E-state index < -0.39 is 23.6 Å². The van der Waals surface area contributed by atoms with E-state index >= 15 is 0 Å². The molecule has 1 N–H and O–H groups in total. The lowest BCUT2D eigenvalue weighted by Gasteiger charge is -2.13. The standard InChI is InChI=1S/C26H19BrClIN2O5S/c1-35-19-8-6-18(7-9-19)30-23(32)13-31-25(33)22(37-26(31)34)12-16-10-20(27)24(21(28)11-16)36-14-15-2-4-17(29)5-3-15/h2-12H,13-14H2,1H3,(H,30,32)/b22-12+. The molecule has 0 aliphatic carbocycles. The van der Waals surface area contributed by atoms with Crippen LogP contribution >= 0.6 is 61.9 Å². The predicted molar refractivity (Wildman–Crippen MR) is 157 cm³/mol. The van der Waals surface area contributed by atoms with Crippen molar-refractivity contribution in [3.63, 3.8) is 0 Å². The van der Waals surface area contributed by atoms with Gasteiger partial charge in [-0.15, -0.1) is 0 Å². The molecule has 7 nitrogen and oxygen atoms in total. The van der Waals surface area contributed by atoms with Crippen LogP contribution in [0.5, 0.6) is 11.5 Å². The minimum atomic E-state index is -0.550. The molecule has 4 rings (SSSR count). The third kappa shape index (κ3) is 7.07. The molecule has 0 atom stereocenters. The fourth-order valence-corrected chi connectivity index (χ4v) is 5.53. The number of rotatable bonds is 8. The molecular formula is C26H19BrClIN2O5S. The molecule has 1 fully saturated rings. The second-order valence-electron chi connectivity index (χ2n) is 7.77. The maximum atomic E-state index is 12.9. The van der Waals surface area contributed by atoms with Crippen molar-refractivity contribution in [2.45, 2.75) is 6.61 Å². The molecule has 0 saturated carbocycles. The molecule has 3 aromatic rings. The number of imide groups is 1. The van der Waals surface area contributed by atoms with Gasteiger partial charge in [-0.05, 0) is 116 Å². The summed E-state index contributed by atoms with van der Waals surface area (Å²) in [5, 5.41) is 2.49. The Bertz CT molecular complexity index is 1360. The summed E-state index contributed by atoms with van der Waals surface area (Å²) < 4.78 is 12.7. The highest BCUT2D eigenvalue weighted by molar-refractivity contribution is 14.1. The zero-order chi connectivity index (χ0) is 26.5. The molecule has 1 aliphatic rings. The van der Waals surface area contributed by atoms with Crippen LogP contribution in [0.1, 0.15) is 11.1 Å². The van der Waals surface area contributed by atoms with Gasteiger partial charge in [0, 0.05) is 9.26 Å². The van der Waals surface area contributed by atoms with Crippen LogP contribution in [-0.4, -0.2) is 35.6 Å². The summed E-state index contributed by atoms with van der Waals surface area (Å²) in [6.07, 6.45) is 1.56. The number of hydrogen-bond donors (Lipinski definition) is 1. The Kier molecular flexibility index (Phi) is 9.17. The number of carbonyl (C=O) groups excluding carboxylic acids is 3. The van der Waals surface area contributed by atoms with Crippen LogP contribution in [-0.2, 0) is 16.2 Å². The van der Waals surface area contributed by atoms with Gasteiger partial charge in [0.05, 0.1) is 21.5 Å². The SMILES string of the molecule is COc1ccc(NC(=O)CN2C(=O)S/C(=C/c3cc(Cl)c(OCc4ccc(I)cc4)c(Br)c3)C2=O)cc1. The molecule has 0 spiro atoms. The fraction of sp³-hybridized carbons (Fsp3) is 0.115. The summed E-state index contributed by atoms with van der Waals surface area (Å²) in [4.78, 5) is 38.9. The lowest BCUT2D eigenvalue weighted by atomic mass is 10.2. The van der Waals surface area contributed by atoms with E-state index in [1.165, 1.54) is 0 Å². The number of carbonyl (C=O) groups is 3. The van der Waals surface area contributed by atoms with Crippen LogP contribution in [0.25, 0.3) is 6.08 Å². The normalized spacial score (nSPS) is 14.3. The third-order valence-corrected chi connectivity index (χ3v) is 7.66. The number of nitrogens with one attached hydrogen (secondary N) is 1. The highest BCUT2D eigenvalue weighted by Crippen LogP contribution is 2.38. The molecule has 0 unspecified atom stereocenters. The number of benzene rings is 3. The topological polar surface area (TPSA) is 84.9 Å². The first-order valence-corrected chi connectivity index (χ1v) is 13.9. The number of halogens is 3. The van der Waals surface area contributed by atoms with Crippen molar-refractivity contribution in [3.05, 3.63) is 89.8 Å². The number of nitrogens with zero attached hydrogens (tertiary/aromatic N) is 1. The van der Waals surface area contributed by atoms with Crippen molar-refractivity contribution < 1.29 is 23.9 Å². The van der Waals surface area contributed by atoms with Gasteiger partial charge in [0.25, 0.3) is 11.1 Å². The summed E-state index contributed by atoms with van der Waals surface area (Å²) in [5.74, 6) is 0.0763. The van der Waals surface area contributed by atoms with Gasteiger partial charge < -0.3 is 14.8 Å². The van der Waals surface area contributed by atoms with Crippen LogP contribution in [0, 0.1) is 3.57 Å². The van der Waals surface area contributed by atoms with E-state index in [1.807, 2.05) is 24.3 Å². The quantitative estimate of drug-likeness (QED) is 0.201. The molecule has 1 aliphatic heterocycles. The van der Waals surface area contributed by atoms with Crippen LogP contribution in [0.15, 0.2) is 70.0 Å². The smallest absolute Gasteiger partial charge is 0.294 e. The number of amides is 3. The van der Waals surface area contributed by atoms with E-state index in [2.05, 4.69) is 43.8 Å². The summed E-state index contributed by atoms with van der Waals surface area (Å²) >= 11 is 12.9. The first-order chi connectivity index (χ1) is 17.7. The molecule has 11 heteroatoms. The van der Waals surface area contributed by atoms with Crippen molar-refractivity contribution >= 4 is 90.7 Å². The second kappa shape index (κ2) is 12.3. The summed E-state index contributed by atoms with van der Waals surface area (Å²) in [6, 6.07) is 18.1. The number of anilines is 1. The predicted octanol–water partition coefficient (Wildman–Crippen LogP) is 6.97. The molecule has 0 bridgehead atoms. The molecule has 190 valence electrons. The van der Waals surface area contributed by atoms with Crippen LogP contribution < -0.4 is 14.8 Å². The zero-order valence-corrected chi connectivity index (χ0v) is 24.6. The first kappa shape index (κ1) is 27.5. The van der Waals surface area contributed by atoms with Crippen molar-refractivity contribution in [2.24, 2.45) is 0 Å². The number of thioether (sulfide) groups is 1. The maximum Gasteiger partial charge on any atom is 0.294 e.